The first kappa shape index (κ1) is 26.4. The highest BCUT2D eigenvalue weighted by molar-refractivity contribution is 6.04. The van der Waals surface area contributed by atoms with Gasteiger partial charge in [-0.1, -0.05) is 6.07 Å². The first-order valence-corrected chi connectivity index (χ1v) is 11.9. The van der Waals surface area contributed by atoms with Crippen LogP contribution in [-0.2, 0) is 17.4 Å². The third kappa shape index (κ3) is 6.37. The van der Waals surface area contributed by atoms with Gasteiger partial charge in [-0.15, -0.1) is 0 Å². The first-order chi connectivity index (χ1) is 17.3. The van der Waals surface area contributed by atoms with Gasteiger partial charge in [0.2, 0.25) is 5.91 Å². The molecule has 2 amide bonds. The summed E-state index contributed by atoms with van der Waals surface area (Å²) in [5.41, 5.74) is 0.00701. The average molecular weight is 519 g/mol. The molecule has 0 aromatic carbocycles. The van der Waals surface area contributed by atoms with Crippen LogP contribution < -0.4 is 10.2 Å². The average Bonchev–Trinajstić information content (AvgIpc) is 3.23. The number of carbonyl (C=O) groups is 2. The highest BCUT2D eigenvalue weighted by Crippen LogP contribution is 2.31. The molecule has 0 bridgehead atoms. The van der Waals surface area contributed by atoms with Crippen molar-refractivity contribution in [2.24, 2.45) is 0 Å². The van der Waals surface area contributed by atoms with Gasteiger partial charge in [0.15, 0.2) is 0 Å². The summed E-state index contributed by atoms with van der Waals surface area (Å²) in [7, 11) is 0. The minimum Gasteiger partial charge on any atom is -0.390 e. The third-order valence-corrected chi connectivity index (χ3v) is 6.20. The molecule has 3 aromatic rings. The van der Waals surface area contributed by atoms with Crippen molar-refractivity contribution in [3.63, 3.8) is 0 Å². The Kier molecular flexibility index (Phi) is 7.13. The normalized spacial score (nSPS) is 14.8. The number of fused-ring (bicyclic) bond motifs is 1. The highest BCUT2D eigenvalue weighted by Gasteiger charge is 2.33. The fraction of sp³-hybridized carbons (Fsp3) is 0.440. The van der Waals surface area contributed by atoms with Crippen LogP contribution in [0.5, 0.6) is 0 Å². The highest BCUT2D eigenvalue weighted by atomic mass is 19.4. The van der Waals surface area contributed by atoms with Crippen LogP contribution in [0.1, 0.15) is 49.1 Å². The van der Waals surface area contributed by atoms with Crippen LogP contribution >= 0.6 is 0 Å². The van der Waals surface area contributed by atoms with Crippen LogP contribution in [0, 0.1) is 0 Å². The molecule has 0 unspecified atom stereocenters. The van der Waals surface area contributed by atoms with Gasteiger partial charge in [-0.05, 0) is 38.8 Å². The molecule has 1 aliphatic rings. The molecule has 0 radical (unpaired) electrons. The van der Waals surface area contributed by atoms with Crippen molar-refractivity contribution in [2.45, 2.75) is 45.4 Å². The number of piperazine rings is 1. The van der Waals surface area contributed by atoms with Crippen molar-refractivity contribution in [2.75, 3.05) is 36.4 Å². The van der Waals surface area contributed by atoms with Gasteiger partial charge in [-0.25, -0.2) is 9.97 Å². The molecule has 0 aliphatic carbocycles. The molecule has 2 N–H and O–H groups in total. The number of aryl methyl sites for hydroxylation is 1. The number of carbonyl (C=O) groups excluding carboxylic acids is 2. The minimum absolute atomic E-state index is 0.0241. The molecule has 0 spiro atoms. The van der Waals surface area contributed by atoms with Crippen LogP contribution in [0.15, 0.2) is 36.7 Å². The number of halogens is 3. The molecule has 1 fully saturated rings. The van der Waals surface area contributed by atoms with Gasteiger partial charge < -0.3 is 24.6 Å². The van der Waals surface area contributed by atoms with E-state index in [0.717, 1.165) is 17.8 Å². The van der Waals surface area contributed by atoms with E-state index in [-0.39, 0.29) is 11.6 Å². The molecule has 0 saturated carbocycles. The number of pyridine rings is 2. The maximum Gasteiger partial charge on any atom is 0.433 e. The molecule has 4 rings (SSSR count). The zero-order valence-corrected chi connectivity index (χ0v) is 20.8. The summed E-state index contributed by atoms with van der Waals surface area (Å²) in [6.07, 6.45) is -0.187. The largest absolute Gasteiger partial charge is 0.433 e. The molecule has 3 aromatic heterocycles. The summed E-state index contributed by atoms with van der Waals surface area (Å²) < 4.78 is 41.1. The van der Waals surface area contributed by atoms with E-state index in [1.807, 2.05) is 4.90 Å². The lowest BCUT2D eigenvalue weighted by molar-refractivity contribution is -0.141. The second kappa shape index (κ2) is 10.0. The van der Waals surface area contributed by atoms with Gasteiger partial charge in [0.25, 0.3) is 5.91 Å². The molecule has 37 heavy (non-hydrogen) atoms. The van der Waals surface area contributed by atoms with Gasteiger partial charge in [0.1, 0.15) is 17.0 Å². The van der Waals surface area contributed by atoms with E-state index in [1.165, 1.54) is 13.0 Å². The SMILES string of the molecule is CC(=O)N1CCN(c2cc3nc(CCC(C)(C)O)cn3cc2NC(=O)c2cccc(C(F)(F)F)n2)CC1. The quantitative estimate of drug-likeness (QED) is 0.519. The monoisotopic (exact) mass is 518 g/mol. The Balaban J connectivity index is 1.67. The lowest BCUT2D eigenvalue weighted by Gasteiger charge is -2.36. The number of aliphatic hydroxyl groups is 1. The van der Waals surface area contributed by atoms with Crippen molar-refractivity contribution in [3.05, 3.63) is 53.7 Å². The van der Waals surface area contributed by atoms with E-state index in [1.54, 1.807) is 41.6 Å². The Morgan fingerprint density at radius 1 is 1.08 bits per heavy atom. The number of alkyl halides is 3. The predicted molar refractivity (Wildman–Crippen MR) is 131 cm³/mol. The van der Waals surface area contributed by atoms with E-state index < -0.39 is 23.4 Å². The number of hydrogen-bond acceptors (Lipinski definition) is 6. The Hall–Kier alpha value is -3.67. The second-order valence-corrected chi connectivity index (χ2v) is 9.74. The number of aromatic nitrogens is 3. The predicted octanol–water partition coefficient (Wildman–Crippen LogP) is 3.37. The maximum absolute atomic E-state index is 13.1. The van der Waals surface area contributed by atoms with Gasteiger partial charge in [0, 0.05) is 51.6 Å². The molecule has 1 aliphatic heterocycles. The van der Waals surface area contributed by atoms with Crippen molar-refractivity contribution >= 4 is 28.8 Å². The van der Waals surface area contributed by atoms with Gasteiger partial charge in [-0.3, -0.25) is 9.59 Å². The summed E-state index contributed by atoms with van der Waals surface area (Å²) in [5.74, 6) is -0.805. The van der Waals surface area contributed by atoms with E-state index in [2.05, 4.69) is 15.3 Å². The van der Waals surface area contributed by atoms with Crippen molar-refractivity contribution in [1.29, 1.82) is 0 Å². The Bertz CT molecular complexity index is 1310. The number of hydrogen-bond donors (Lipinski definition) is 2. The fourth-order valence-corrected chi connectivity index (χ4v) is 4.16. The Morgan fingerprint density at radius 3 is 2.41 bits per heavy atom. The molecule has 9 nitrogen and oxygen atoms in total. The van der Waals surface area contributed by atoms with E-state index in [9.17, 15) is 27.9 Å². The van der Waals surface area contributed by atoms with Crippen molar-refractivity contribution in [1.82, 2.24) is 19.3 Å². The molecular weight excluding hydrogens is 489 g/mol. The smallest absolute Gasteiger partial charge is 0.390 e. The first-order valence-electron chi connectivity index (χ1n) is 11.9. The molecule has 12 heteroatoms. The molecular formula is C25H29F3N6O3. The van der Waals surface area contributed by atoms with Crippen LogP contribution in [-0.4, -0.2) is 68.0 Å². The molecule has 0 atom stereocenters. The maximum atomic E-state index is 13.1. The molecule has 1 saturated heterocycles. The summed E-state index contributed by atoms with van der Waals surface area (Å²) in [4.78, 5) is 36.6. The van der Waals surface area contributed by atoms with Crippen molar-refractivity contribution in [3.8, 4) is 0 Å². The van der Waals surface area contributed by atoms with Gasteiger partial charge >= 0.3 is 6.18 Å². The zero-order valence-electron chi connectivity index (χ0n) is 20.8. The van der Waals surface area contributed by atoms with Crippen LogP contribution in [0.4, 0.5) is 24.5 Å². The van der Waals surface area contributed by atoms with Gasteiger partial charge in [0.05, 0.1) is 22.7 Å². The number of rotatable bonds is 6. The fourth-order valence-electron chi connectivity index (χ4n) is 4.16. The number of anilines is 2. The summed E-state index contributed by atoms with van der Waals surface area (Å²) in [5, 5.41) is 12.8. The van der Waals surface area contributed by atoms with Gasteiger partial charge in [-0.2, -0.15) is 13.2 Å². The number of imidazole rings is 1. The van der Waals surface area contributed by atoms with E-state index in [0.29, 0.717) is 56.0 Å². The number of nitrogens with zero attached hydrogens (tertiary/aromatic N) is 5. The van der Waals surface area contributed by atoms with Crippen LogP contribution in [0.25, 0.3) is 5.65 Å². The molecule has 198 valence electrons. The third-order valence-electron chi connectivity index (χ3n) is 6.20. The molecule has 4 heterocycles. The standard InChI is InChI=1S/C25H29F3N6O3/c1-16(35)32-9-11-33(12-10-32)20-13-22-29-17(7-8-24(2,3)37)14-34(22)15-19(20)31-23(36)18-5-4-6-21(30-18)25(26,27)28/h4-6,13-15,37H,7-12H2,1-3H3,(H,31,36). The van der Waals surface area contributed by atoms with Crippen molar-refractivity contribution < 1.29 is 27.9 Å². The number of nitrogens with one attached hydrogen (secondary N) is 1. The summed E-state index contributed by atoms with van der Waals surface area (Å²) >= 11 is 0. The van der Waals surface area contributed by atoms with E-state index >= 15 is 0 Å². The summed E-state index contributed by atoms with van der Waals surface area (Å²) in [6.45, 7) is 6.95. The summed E-state index contributed by atoms with van der Waals surface area (Å²) in [6, 6.07) is 4.97. The minimum atomic E-state index is -4.67. The van der Waals surface area contributed by atoms with Crippen LogP contribution in [0.2, 0.25) is 0 Å². The topological polar surface area (TPSA) is 103 Å². The zero-order chi connectivity index (χ0) is 27.0. The Labute approximate surface area is 211 Å². The second-order valence-electron chi connectivity index (χ2n) is 9.74. The Morgan fingerprint density at radius 2 is 1.78 bits per heavy atom. The lowest BCUT2D eigenvalue weighted by atomic mass is 10.0. The van der Waals surface area contributed by atoms with Crippen LogP contribution in [0.3, 0.4) is 0 Å². The van der Waals surface area contributed by atoms with E-state index in [4.69, 9.17) is 0 Å². The lowest BCUT2D eigenvalue weighted by Crippen LogP contribution is -2.48. The number of amides is 2.